The van der Waals surface area contributed by atoms with Gasteiger partial charge in [-0.05, 0) is 67.3 Å². The Bertz CT molecular complexity index is 817. The molecule has 0 fully saturated rings. The first kappa shape index (κ1) is 20.6. The third kappa shape index (κ3) is 5.15. The molecule has 2 rings (SSSR count). The van der Waals surface area contributed by atoms with Gasteiger partial charge in [-0.2, -0.15) is 13.2 Å². The molecule has 2 nitrogen and oxygen atoms in total. The molecular formula is C19H19Cl2F3N2. The van der Waals surface area contributed by atoms with E-state index >= 15 is 0 Å². The smallest absolute Gasteiger partial charge is 0.366 e. The lowest BCUT2D eigenvalue weighted by molar-refractivity contribution is -0.137. The van der Waals surface area contributed by atoms with Crippen LogP contribution < -0.4 is 0 Å². The number of alkyl halides is 3. The van der Waals surface area contributed by atoms with Gasteiger partial charge in [0.1, 0.15) is 0 Å². The predicted molar refractivity (Wildman–Crippen MR) is 102 cm³/mol. The molecule has 0 aromatic heterocycles. The number of hydrogen-bond donors (Lipinski definition) is 0. The molecule has 0 aliphatic carbocycles. The van der Waals surface area contributed by atoms with Crippen LogP contribution in [0, 0.1) is 6.92 Å². The van der Waals surface area contributed by atoms with Crippen molar-refractivity contribution in [3.05, 3.63) is 62.6 Å². The summed E-state index contributed by atoms with van der Waals surface area (Å²) in [6.07, 6.45) is -2.47. The minimum absolute atomic E-state index is 0.257. The Morgan fingerprint density at radius 1 is 1.08 bits per heavy atom. The fourth-order valence-electron chi connectivity index (χ4n) is 2.33. The quantitative estimate of drug-likeness (QED) is 0.410. The Kier molecular flexibility index (Phi) is 6.58. The highest BCUT2D eigenvalue weighted by molar-refractivity contribution is 6.33. The highest BCUT2D eigenvalue weighted by atomic mass is 35.5. The van der Waals surface area contributed by atoms with Crippen LogP contribution in [-0.4, -0.2) is 24.8 Å². The standard InChI is InChI=1S/C19H19Cl2F3N2/c1-4-26(3)11-25-18-7-12(2)13(10-17(18)21)8-14-9-15(19(22,23)24)5-6-16(14)20/h5-7,9-11H,4,8H2,1-3H3. The van der Waals surface area contributed by atoms with E-state index in [0.29, 0.717) is 21.3 Å². The van der Waals surface area contributed by atoms with E-state index in [1.54, 1.807) is 12.4 Å². The monoisotopic (exact) mass is 402 g/mol. The first-order chi connectivity index (χ1) is 12.1. The van der Waals surface area contributed by atoms with Crippen molar-refractivity contribution < 1.29 is 13.2 Å². The van der Waals surface area contributed by atoms with Crippen LogP contribution in [0.1, 0.15) is 29.2 Å². The summed E-state index contributed by atoms with van der Waals surface area (Å²) in [6.45, 7) is 4.68. The molecule has 2 aromatic carbocycles. The lowest BCUT2D eigenvalue weighted by atomic mass is 9.98. The molecule has 140 valence electrons. The Hall–Kier alpha value is -1.72. The van der Waals surface area contributed by atoms with Gasteiger partial charge in [0.15, 0.2) is 0 Å². The van der Waals surface area contributed by atoms with Gasteiger partial charge in [0.05, 0.1) is 22.6 Å². The normalized spacial score (nSPS) is 12.0. The van der Waals surface area contributed by atoms with Gasteiger partial charge in [0, 0.05) is 18.6 Å². The van der Waals surface area contributed by atoms with Gasteiger partial charge in [-0.1, -0.05) is 23.2 Å². The van der Waals surface area contributed by atoms with E-state index in [4.69, 9.17) is 23.2 Å². The summed E-state index contributed by atoms with van der Waals surface area (Å²) in [5.41, 5.74) is 1.99. The van der Waals surface area contributed by atoms with Crippen molar-refractivity contribution in [3.8, 4) is 0 Å². The number of aryl methyl sites for hydroxylation is 1. The molecule has 0 amide bonds. The van der Waals surface area contributed by atoms with Crippen LogP contribution in [0.25, 0.3) is 0 Å². The zero-order chi connectivity index (χ0) is 19.5. The van der Waals surface area contributed by atoms with E-state index in [0.717, 1.165) is 29.8 Å². The molecule has 0 unspecified atom stereocenters. The van der Waals surface area contributed by atoms with E-state index in [1.807, 2.05) is 31.9 Å². The predicted octanol–water partition coefficient (Wildman–Crippen LogP) is 6.52. The average Bonchev–Trinajstić information content (AvgIpc) is 2.57. The maximum absolute atomic E-state index is 12.9. The van der Waals surface area contributed by atoms with E-state index in [2.05, 4.69) is 4.99 Å². The van der Waals surface area contributed by atoms with Gasteiger partial charge < -0.3 is 4.90 Å². The molecule has 0 saturated carbocycles. The van der Waals surface area contributed by atoms with Gasteiger partial charge in [-0.3, -0.25) is 0 Å². The lowest BCUT2D eigenvalue weighted by Gasteiger charge is -2.13. The summed E-state index contributed by atoms with van der Waals surface area (Å²) in [5.74, 6) is 0. The Balaban J connectivity index is 2.34. The van der Waals surface area contributed by atoms with Crippen molar-refractivity contribution in [2.45, 2.75) is 26.4 Å². The molecule has 0 N–H and O–H groups in total. The Morgan fingerprint density at radius 3 is 2.38 bits per heavy atom. The first-order valence-electron chi connectivity index (χ1n) is 8.01. The van der Waals surface area contributed by atoms with Crippen molar-refractivity contribution in [2.24, 2.45) is 4.99 Å². The molecule has 26 heavy (non-hydrogen) atoms. The van der Waals surface area contributed by atoms with Crippen LogP contribution in [0.4, 0.5) is 18.9 Å². The summed E-state index contributed by atoms with van der Waals surface area (Å²) in [4.78, 5) is 6.25. The van der Waals surface area contributed by atoms with Gasteiger partial charge in [0.2, 0.25) is 0 Å². The van der Waals surface area contributed by atoms with Crippen molar-refractivity contribution in [1.29, 1.82) is 0 Å². The molecule has 0 bridgehead atoms. The van der Waals surface area contributed by atoms with Crippen molar-refractivity contribution in [3.63, 3.8) is 0 Å². The topological polar surface area (TPSA) is 15.6 Å². The number of benzene rings is 2. The van der Waals surface area contributed by atoms with Crippen LogP contribution >= 0.6 is 23.2 Å². The second-order valence-electron chi connectivity index (χ2n) is 6.03. The number of hydrogen-bond acceptors (Lipinski definition) is 1. The summed E-state index contributed by atoms with van der Waals surface area (Å²) in [6, 6.07) is 6.88. The van der Waals surface area contributed by atoms with Crippen LogP contribution in [0.2, 0.25) is 10.0 Å². The zero-order valence-electron chi connectivity index (χ0n) is 14.7. The molecule has 7 heteroatoms. The summed E-state index contributed by atoms with van der Waals surface area (Å²) in [5, 5.41) is 0.731. The molecule has 0 aliphatic heterocycles. The van der Waals surface area contributed by atoms with Crippen molar-refractivity contribution >= 4 is 35.2 Å². The largest absolute Gasteiger partial charge is 0.416 e. The molecule has 0 heterocycles. The maximum Gasteiger partial charge on any atom is 0.416 e. The van der Waals surface area contributed by atoms with Gasteiger partial charge in [-0.15, -0.1) is 0 Å². The lowest BCUT2D eigenvalue weighted by Crippen LogP contribution is -2.14. The third-order valence-corrected chi connectivity index (χ3v) is 4.72. The second-order valence-corrected chi connectivity index (χ2v) is 6.84. The van der Waals surface area contributed by atoms with Crippen LogP contribution in [0.5, 0.6) is 0 Å². The molecule has 2 aromatic rings. The molecule has 0 saturated heterocycles. The molecule has 0 radical (unpaired) electrons. The van der Waals surface area contributed by atoms with Crippen molar-refractivity contribution in [2.75, 3.05) is 13.6 Å². The first-order valence-corrected chi connectivity index (χ1v) is 8.76. The van der Waals surface area contributed by atoms with Gasteiger partial charge in [-0.25, -0.2) is 4.99 Å². The summed E-state index contributed by atoms with van der Waals surface area (Å²) in [7, 11) is 1.90. The average molecular weight is 403 g/mol. The number of aliphatic imine (C=N–C) groups is 1. The fraction of sp³-hybridized carbons (Fsp3) is 0.316. The SMILES string of the molecule is CCN(C)C=Nc1cc(C)c(Cc2cc(C(F)(F)F)ccc2Cl)cc1Cl. The number of nitrogens with zero attached hydrogens (tertiary/aromatic N) is 2. The molecule has 0 aliphatic rings. The van der Waals surface area contributed by atoms with E-state index in [1.165, 1.54) is 6.07 Å². The van der Waals surface area contributed by atoms with E-state index in [9.17, 15) is 13.2 Å². The number of halogens is 5. The second kappa shape index (κ2) is 8.31. The zero-order valence-corrected chi connectivity index (χ0v) is 16.2. The van der Waals surface area contributed by atoms with Crippen LogP contribution in [0.3, 0.4) is 0 Å². The fourth-order valence-corrected chi connectivity index (χ4v) is 2.75. The van der Waals surface area contributed by atoms with Gasteiger partial charge in [0.25, 0.3) is 0 Å². The van der Waals surface area contributed by atoms with Crippen LogP contribution in [-0.2, 0) is 12.6 Å². The van der Waals surface area contributed by atoms with E-state index in [-0.39, 0.29) is 6.42 Å². The Labute approximate surface area is 161 Å². The maximum atomic E-state index is 12.9. The third-order valence-electron chi connectivity index (χ3n) is 4.05. The molecule has 0 spiro atoms. The minimum Gasteiger partial charge on any atom is -0.366 e. The number of rotatable bonds is 5. The van der Waals surface area contributed by atoms with Crippen LogP contribution in [0.15, 0.2) is 35.3 Å². The van der Waals surface area contributed by atoms with Crippen molar-refractivity contribution in [1.82, 2.24) is 4.90 Å². The van der Waals surface area contributed by atoms with E-state index < -0.39 is 11.7 Å². The molecular weight excluding hydrogens is 384 g/mol. The highest BCUT2D eigenvalue weighted by Crippen LogP contribution is 2.34. The Morgan fingerprint density at radius 2 is 1.77 bits per heavy atom. The highest BCUT2D eigenvalue weighted by Gasteiger charge is 2.30. The van der Waals surface area contributed by atoms with Gasteiger partial charge >= 0.3 is 6.18 Å². The summed E-state index contributed by atoms with van der Waals surface area (Å²) < 4.78 is 38.8. The minimum atomic E-state index is -4.41. The summed E-state index contributed by atoms with van der Waals surface area (Å²) >= 11 is 12.4. The molecule has 0 atom stereocenters.